The molecule has 0 amide bonds. The van der Waals surface area contributed by atoms with Gasteiger partial charge in [-0.2, -0.15) is 0 Å². The number of nitrogens with two attached hydrogens (primary N) is 1. The molecule has 1 rings (SSSR count). The Morgan fingerprint density at radius 3 is 2.23 bits per heavy atom. The molecule has 0 saturated carbocycles. The summed E-state index contributed by atoms with van der Waals surface area (Å²) in [4.78, 5) is 0. The average Bonchev–Trinajstić information content (AvgIpc) is 1.94. The van der Waals surface area contributed by atoms with Gasteiger partial charge in [-0.05, 0) is 35.6 Å². The van der Waals surface area contributed by atoms with Gasteiger partial charge < -0.3 is 5.73 Å². The lowest BCUT2D eigenvalue weighted by Gasteiger charge is -2.22. The minimum absolute atomic E-state index is 0.0553. The summed E-state index contributed by atoms with van der Waals surface area (Å²) in [5, 5.41) is 0. The second kappa shape index (κ2) is 3.02. The Morgan fingerprint density at radius 2 is 1.77 bits per heavy atom. The average molecular weight is 181 g/mol. The van der Waals surface area contributed by atoms with E-state index < -0.39 is 0 Å². The number of rotatable bonds is 0. The predicted molar refractivity (Wildman–Crippen MR) is 54.2 cm³/mol. The van der Waals surface area contributed by atoms with Gasteiger partial charge in [-0.1, -0.05) is 20.8 Å². The van der Waals surface area contributed by atoms with Gasteiger partial charge in [0.15, 0.2) is 0 Å². The summed E-state index contributed by atoms with van der Waals surface area (Å²) in [5.41, 5.74) is 7.70. The van der Waals surface area contributed by atoms with E-state index in [1.54, 1.807) is 6.92 Å². The van der Waals surface area contributed by atoms with Crippen molar-refractivity contribution in [2.75, 3.05) is 5.73 Å². The Morgan fingerprint density at radius 1 is 1.23 bits per heavy atom. The lowest BCUT2D eigenvalue weighted by Crippen LogP contribution is -2.14. The number of benzene rings is 1. The van der Waals surface area contributed by atoms with Crippen LogP contribution in [0.3, 0.4) is 0 Å². The van der Waals surface area contributed by atoms with Crippen LogP contribution >= 0.6 is 0 Å². The molecule has 0 radical (unpaired) electrons. The molecule has 0 aliphatic heterocycles. The summed E-state index contributed by atoms with van der Waals surface area (Å²) in [6.07, 6.45) is 0. The molecule has 0 aliphatic rings. The molecule has 2 heteroatoms. The van der Waals surface area contributed by atoms with Crippen LogP contribution in [0.25, 0.3) is 0 Å². The molecule has 0 heterocycles. The van der Waals surface area contributed by atoms with Crippen molar-refractivity contribution in [1.29, 1.82) is 0 Å². The summed E-state index contributed by atoms with van der Waals surface area (Å²) in [5.74, 6) is -0.218. The minimum atomic E-state index is -0.218. The Hall–Kier alpha value is -1.05. The van der Waals surface area contributed by atoms with Crippen molar-refractivity contribution >= 4 is 5.69 Å². The van der Waals surface area contributed by atoms with Gasteiger partial charge in [0.05, 0.1) is 0 Å². The van der Waals surface area contributed by atoms with E-state index in [1.807, 2.05) is 26.8 Å². The van der Waals surface area contributed by atoms with Crippen molar-refractivity contribution in [2.24, 2.45) is 0 Å². The Kier molecular flexibility index (Phi) is 2.33. The molecule has 0 spiro atoms. The highest BCUT2D eigenvalue weighted by Crippen LogP contribution is 2.28. The van der Waals surface area contributed by atoms with Gasteiger partial charge in [0.1, 0.15) is 5.82 Å². The standard InChI is InChI=1S/C11H16FN/c1-7-9(11(2,3)4)5-8(13)6-10(7)12/h5-6H,13H2,1-4H3. The molecule has 1 aromatic rings. The van der Waals surface area contributed by atoms with E-state index >= 15 is 0 Å². The molecule has 0 saturated heterocycles. The van der Waals surface area contributed by atoms with E-state index in [9.17, 15) is 4.39 Å². The van der Waals surface area contributed by atoms with E-state index in [4.69, 9.17) is 5.73 Å². The lowest BCUT2D eigenvalue weighted by molar-refractivity contribution is 0.563. The van der Waals surface area contributed by atoms with Gasteiger partial charge in [0, 0.05) is 5.69 Å². The van der Waals surface area contributed by atoms with Crippen molar-refractivity contribution in [3.8, 4) is 0 Å². The third-order valence-corrected chi connectivity index (χ3v) is 2.17. The maximum Gasteiger partial charge on any atom is 0.128 e. The van der Waals surface area contributed by atoms with Crippen LogP contribution < -0.4 is 5.73 Å². The van der Waals surface area contributed by atoms with Crippen molar-refractivity contribution in [3.63, 3.8) is 0 Å². The van der Waals surface area contributed by atoms with Crippen LogP contribution in [0.4, 0.5) is 10.1 Å². The minimum Gasteiger partial charge on any atom is -0.399 e. The van der Waals surface area contributed by atoms with Gasteiger partial charge in [-0.15, -0.1) is 0 Å². The number of anilines is 1. The SMILES string of the molecule is Cc1c(F)cc(N)cc1C(C)(C)C. The van der Waals surface area contributed by atoms with Crippen LogP contribution in [0.15, 0.2) is 12.1 Å². The smallest absolute Gasteiger partial charge is 0.128 e. The molecule has 0 aliphatic carbocycles. The first-order chi connectivity index (χ1) is 5.82. The maximum absolute atomic E-state index is 13.3. The first-order valence-corrected chi connectivity index (χ1v) is 4.38. The fraction of sp³-hybridized carbons (Fsp3) is 0.455. The molecule has 0 atom stereocenters. The number of hydrogen-bond acceptors (Lipinski definition) is 1. The van der Waals surface area contributed by atoms with Crippen LogP contribution in [0.1, 0.15) is 31.9 Å². The lowest BCUT2D eigenvalue weighted by atomic mass is 9.84. The molecule has 13 heavy (non-hydrogen) atoms. The predicted octanol–water partition coefficient (Wildman–Crippen LogP) is 3.01. The van der Waals surface area contributed by atoms with Gasteiger partial charge in [0.25, 0.3) is 0 Å². The van der Waals surface area contributed by atoms with E-state index in [1.165, 1.54) is 6.07 Å². The van der Waals surface area contributed by atoms with E-state index in [0.29, 0.717) is 11.3 Å². The van der Waals surface area contributed by atoms with Crippen molar-refractivity contribution < 1.29 is 4.39 Å². The summed E-state index contributed by atoms with van der Waals surface area (Å²) >= 11 is 0. The van der Waals surface area contributed by atoms with Crippen LogP contribution in [0.5, 0.6) is 0 Å². The van der Waals surface area contributed by atoms with Gasteiger partial charge >= 0.3 is 0 Å². The third-order valence-electron chi connectivity index (χ3n) is 2.17. The third kappa shape index (κ3) is 2.00. The normalized spacial score (nSPS) is 11.8. The first-order valence-electron chi connectivity index (χ1n) is 4.38. The highest BCUT2D eigenvalue weighted by Gasteiger charge is 2.18. The van der Waals surface area contributed by atoms with E-state index in [-0.39, 0.29) is 11.2 Å². The van der Waals surface area contributed by atoms with Gasteiger partial charge in [0.2, 0.25) is 0 Å². The van der Waals surface area contributed by atoms with Gasteiger partial charge in [-0.3, -0.25) is 0 Å². The molecule has 2 N–H and O–H groups in total. The summed E-state index contributed by atoms with van der Waals surface area (Å²) in [6.45, 7) is 7.94. The quantitative estimate of drug-likeness (QED) is 0.612. The van der Waals surface area contributed by atoms with Crippen molar-refractivity contribution in [1.82, 2.24) is 0 Å². The fourth-order valence-electron chi connectivity index (χ4n) is 1.48. The van der Waals surface area contributed by atoms with Crippen LogP contribution in [-0.4, -0.2) is 0 Å². The number of nitrogen functional groups attached to an aromatic ring is 1. The van der Waals surface area contributed by atoms with Crippen LogP contribution in [0.2, 0.25) is 0 Å². The maximum atomic E-state index is 13.3. The van der Waals surface area contributed by atoms with Gasteiger partial charge in [-0.25, -0.2) is 4.39 Å². The zero-order chi connectivity index (χ0) is 10.2. The number of hydrogen-bond donors (Lipinski definition) is 1. The Labute approximate surface area is 78.8 Å². The molecular formula is C11H16FN. The molecule has 0 aromatic heterocycles. The van der Waals surface area contributed by atoms with E-state index in [2.05, 4.69) is 0 Å². The highest BCUT2D eigenvalue weighted by atomic mass is 19.1. The number of halogens is 1. The molecule has 1 nitrogen and oxygen atoms in total. The molecule has 0 fully saturated rings. The van der Waals surface area contributed by atoms with Crippen molar-refractivity contribution in [3.05, 3.63) is 29.1 Å². The fourth-order valence-corrected chi connectivity index (χ4v) is 1.48. The zero-order valence-corrected chi connectivity index (χ0v) is 8.61. The summed E-state index contributed by atoms with van der Waals surface area (Å²) in [7, 11) is 0. The summed E-state index contributed by atoms with van der Waals surface area (Å²) < 4.78 is 13.3. The molecule has 0 bridgehead atoms. The van der Waals surface area contributed by atoms with Crippen LogP contribution in [0, 0.1) is 12.7 Å². The van der Waals surface area contributed by atoms with E-state index in [0.717, 1.165) is 5.56 Å². The topological polar surface area (TPSA) is 26.0 Å². The zero-order valence-electron chi connectivity index (χ0n) is 8.61. The first kappa shape index (κ1) is 10.0. The molecular weight excluding hydrogens is 165 g/mol. The monoisotopic (exact) mass is 181 g/mol. The van der Waals surface area contributed by atoms with Crippen LogP contribution in [-0.2, 0) is 5.41 Å². The van der Waals surface area contributed by atoms with Crippen molar-refractivity contribution in [2.45, 2.75) is 33.1 Å². The Balaban J connectivity index is 3.37. The molecule has 1 aromatic carbocycles. The Bertz CT molecular complexity index is 324. The molecule has 0 unspecified atom stereocenters. The summed E-state index contributed by atoms with van der Waals surface area (Å²) in [6, 6.07) is 3.21. The second-order valence-corrected chi connectivity index (χ2v) is 4.43. The largest absolute Gasteiger partial charge is 0.399 e. The molecule has 72 valence electrons. The second-order valence-electron chi connectivity index (χ2n) is 4.43. The highest BCUT2D eigenvalue weighted by molar-refractivity contribution is 5.47.